The summed E-state index contributed by atoms with van der Waals surface area (Å²) in [6, 6.07) is 9.03. The molecule has 0 aliphatic carbocycles. The number of hydrogen-bond acceptors (Lipinski definition) is 2. The van der Waals surface area contributed by atoms with Crippen LogP contribution >= 0.6 is 11.6 Å². The lowest BCUT2D eigenvalue weighted by atomic mass is 10.0. The molecule has 0 spiro atoms. The minimum Gasteiger partial charge on any atom is -0.348 e. The first-order chi connectivity index (χ1) is 12.4. The van der Waals surface area contributed by atoms with Crippen LogP contribution in [0.1, 0.15) is 33.6 Å². The quantitative estimate of drug-likeness (QED) is 0.886. The van der Waals surface area contributed by atoms with Crippen molar-refractivity contribution in [2.24, 2.45) is 0 Å². The summed E-state index contributed by atoms with van der Waals surface area (Å²) in [5.41, 5.74) is 0.170. The van der Waals surface area contributed by atoms with E-state index in [2.05, 4.69) is 5.32 Å². The Bertz CT molecular complexity index is 827. The van der Waals surface area contributed by atoms with Gasteiger partial charge in [0.25, 0.3) is 11.8 Å². The monoisotopic (exact) mass is 378 g/mol. The van der Waals surface area contributed by atoms with Crippen molar-refractivity contribution in [3.63, 3.8) is 0 Å². The second kappa shape index (κ2) is 7.83. The lowest BCUT2D eigenvalue weighted by Crippen LogP contribution is -2.49. The number of halogens is 3. The third-order valence-electron chi connectivity index (χ3n) is 4.31. The first kappa shape index (κ1) is 18.3. The smallest absolute Gasteiger partial charge is 0.257 e. The maximum Gasteiger partial charge on any atom is 0.257 e. The minimum absolute atomic E-state index is 0.244. The second-order valence-electron chi connectivity index (χ2n) is 6.19. The molecule has 1 fully saturated rings. The van der Waals surface area contributed by atoms with Crippen molar-refractivity contribution in [3.8, 4) is 0 Å². The Morgan fingerprint density at radius 1 is 1.12 bits per heavy atom. The number of carbonyl (C=O) groups excluding carboxylic acids is 2. The Hall–Kier alpha value is -2.47. The first-order valence-corrected chi connectivity index (χ1v) is 8.62. The van der Waals surface area contributed by atoms with Gasteiger partial charge in [0.05, 0.1) is 5.56 Å². The highest BCUT2D eigenvalue weighted by molar-refractivity contribution is 6.30. The molecule has 1 aliphatic rings. The summed E-state index contributed by atoms with van der Waals surface area (Å²) in [5, 5.41) is 3.41. The van der Waals surface area contributed by atoms with Crippen LogP contribution in [0.25, 0.3) is 0 Å². The summed E-state index contributed by atoms with van der Waals surface area (Å²) in [6.45, 7) is 0.677. The average molecular weight is 379 g/mol. The van der Waals surface area contributed by atoms with E-state index in [0.29, 0.717) is 30.0 Å². The Balaban J connectivity index is 1.67. The van der Waals surface area contributed by atoms with Crippen molar-refractivity contribution < 1.29 is 18.4 Å². The Labute approximate surface area is 154 Å². The van der Waals surface area contributed by atoms with Gasteiger partial charge in [-0.2, -0.15) is 0 Å². The van der Waals surface area contributed by atoms with Crippen LogP contribution in [0, 0.1) is 11.6 Å². The molecule has 1 atom stereocenters. The van der Waals surface area contributed by atoms with Crippen LogP contribution in [-0.4, -0.2) is 35.8 Å². The molecule has 2 aromatic carbocycles. The fourth-order valence-corrected chi connectivity index (χ4v) is 3.11. The molecule has 136 valence electrons. The Morgan fingerprint density at radius 2 is 1.85 bits per heavy atom. The lowest BCUT2D eigenvalue weighted by molar-refractivity contribution is 0.0671. The molecule has 1 N–H and O–H groups in total. The molecule has 0 saturated carbocycles. The van der Waals surface area contributed by atoms with Crippen LogP contribution < -0.4 is 5.32 Å². The van der Waals surface area contributed by atoms with E-state index in [0.717, 1.165) is 18.2 Å². The summed E-state index contributed by atoms with van der Waals surface area (Å²) in [4.78, 5) is 26.2. The Kier molecular flexibility index (Phi) is 5.52. The summed E-state index contributed by atoms with van der Waals surface area (Å²) in [7, 11) is 0. The van der Waals surface area contributed by atoms with E-state index in [9.17, 15) is 18.4 Å². The topological polar surface area (TPSA) is 49.4 Å². The van der Waals surface area contributed by atoms with E-state index in [4.69, 9.17) is 11.6 Å². The molecule has 2 aromatic rings. The number of amides is 2. The van der Waals surface area contributed by atoms with Crippen LogP contribution in [0.15, 0.2) is 42.5 Å². The summed E-state index contributed by atoms with van der Waals surface area (Å²) in [5.74, 6) is -2.27. The Morgan fingerprint density at radius 3 is 2.58 bits per heavy atom. The van der Waals surface area contributed by atoms with E-state index in [1.807, 2.05) is 0 Å². The lowest BCUT2D eigenvalue weighted by Gasteiger charge is -2.33. The van der Waals surface area contributed by atoms with Gasteiger partial charge in [0.15, 0.2) is 0 Å². The van der Waals surface area contributed by atoms with Crippen molar-refractivity contribution in [1.29, 1.82) is 0 Å². The molecule has 0 aromatic heterocycles. The third-order valence-corrected chi connectivity index (χ3v) is 4.56. The van der Waals surface area contributed by atoms with E-state index in [1.54, 1.807) is 24.3 Å². The normalized spacial score (nSPS) is 17.0. The number of nitrogens with one attached hydrogen (secondary N) is 1. The number of nitrogens with zero attached hydrogens (tertiary/aromatic N) is 1. The van der Waals surface area contributed by atoms with Crippen LogP contribution in [-0.2, 0) is 0 Å². The molecular formula is C19H17ClF2N2O2. The van der Waals surface area contributed by atoms with Crippen LogP contribution in [0.5, 0.6) is 0 Å². The average Bonchev–Trinajstić information content (AvgIpc) is 2.64. The molecule has 1 heterocycles. The number of carbonyl (C=O) groups is 2. The van der Waals surface area contributed by atoms with Gasteiger partial charge < -0.3 is 10.2 Å². The van der Waals surface area contributed by atoms with E-state index in [-0.39, 0.29) is 24.1 Å². The van der Waals surface area contributed by atoms with E-state index in [1.165, 1.54) is 4.90 Å². The second-order valence-corrected chi connectivity index (χ2v) is 6.63. The minimum atomic E-state index is -0.760. The molecule has 0 radical (unpaired) electrons. The third kappa shape index (κ3) is 4.19. The van der Waals surface area contributed by atoms with Crippen LogP contribution in [0.4, 0.5) is 8.78 Å². The fraction of sp³-hybridized carbons (Fsp3) is 0.263. The molecule has 2 amide bonds. The highest BCUT2D eigenvalue weighted by Crippen LogP contribution is 2.18. The number of likely N-dealkylation sites (tertiary alicyclic amines) is 1. The van der Waals surface area contributed by atoms with Gasteiger partial charge in [0.2, 0.25) is 0 Å². The molecule has 4 nitrogen and oxygen atoms in total. The van der Waals surface area contributed by atoms with Gasteiger partial charge in [-0.3, -0.25) is 9.59 Å². The van der Waals surface area contributed by atoms with E-state index < -0.39 is 17.5 Å². The summed E-state index contributed by atoms with van der Waals surface area (Å²) >= 11 is 5.81. The van der Waals surface area contributed by atoms with Crippen molar-refractivity contribution in [3.05, 3.63) is 70.2 Å². The summed E-state index contributed by atoms with van der Waals surface area (Å²) in [6.07, 6.45) is 1.36. The van der Waals surface area contributed by atoms with Crippen molar-refractivity contribution in [2.75, 3.05) is 13.1 Å². The van der Waals surface area contributed by atoms with Crippen molar-refractivity contribution >= 4 is 23.4 Å². The zero-order valence-corrected chi connectivity index (χ0v) is 14.6. The molecule has 3 rings (SSSR count). The molecular weight excluding hydrogens is 362 g/mol. The van der Waals surface area contributed by atoms with Gasteiger partial charge in [0.1, 0.15) is 11.6 Å². The first-order valence-electron chi connectivity index (χ1n) is 8.25. The predicted octanol–water partition coefficient (Wildman–Crippen LogP) is 3.65. The summed E-state index contributed by atoms with van der Waals surface area (Å²) < 4.78 is 27.2. The van der Waals surface area contributed by atoms with Gasteiger partial charge in [-0.25, -0.2) is 8.78 Å². The molecule has 26 heavy (non-hydrogen) atoms. The van der Waals surface area contributed by atoms with Gasteiger partial charge in [-0.15, -0.1) is 0 Å². The largest absolute Gasteiger partial charge is 0.348 e. The number of rotatable bonds is 3. The molecule has 1 aliphatic heterocycles. The standard InChI is InChI=1S/C19H17ClF2N2O2/c20-13-5-3-12(4-6-13)18(25)23-15-2-1-9-24(11-15)19(26)16-10-14(21)7-8-17(16)22/h3-8,10,15H,1-2,9,11H2,(H,23,25). The number of hydrogen-bond donors (Lipinski definition) is 1. The molecule has 7 heteroatoms. The van der Waals surface area contributed by atoms with E-state index >= 15 is 0 Å². The molecule has 1 saturated heterocycles. The zero-order chi connectivity index (χ0) is 18.7. The fourth-order valence-electron chi connectivity index (χ4n) is 2.98. The zero-order valence-electron chi connectivity index (χ0n) is 13.8. The molecule has 1 unspecified atom stereocenters. The van der Waals surface area contributed by atoms with Crippen LogP contribution in [0.3, 0.4) is 0 Å². The predicted molar refractivity (Wildman–Crippen MR) is 94.2 cm³/mol. The van der Waals surface area contributed by atoms with Gasteiger partial charge >= 0.3 is 0 Å². The highest BCUT2D eigenvalue weighted by atomic mass is 35.5. The number of benzene rings is 2. The SMILES string of the molecule is O=C(NC1CCCN(C(=O)c2cc(F)ccc2F)C1)c1ccc(Cl)cc1. The highest BCUT2D eigenvalue weighted by Gasteiger charge is 2.27. The maximum absolute atomic E-state index is 13.8. The number of piperidine rings is 1. The maximum atomic E-state index is 13.8. The van der Waals surface area contributed by atoms with Crippen molar-refractivity contribution in [1.82, 2.24) is 10.2 Å². The molecule has 0 bridgehead atoms. The van der Waals surface area contributed by atoms with Crippen LogP contribution in [0.2, 0.25) is 5.02 Å². The van der Waals surface area contributed by atoms with Gasteiger partial charge in [0, 0.05) is 29.7 Å². The van der Waals surface area contributed by atoms with Gasteiger partial charge in [-0.1, -0.05) is 11.6 Å². The van der Waals surface area contributed by atoms with Gasteiger partial charge in [-0.05, 0) is 55.3 Å². The van der Waals surface area contributed by atoms with Crippen molar-refractivity contribution in [2.45, 2.75) is 18.9 Å².